The molecule has 8 heteroatoms. The lowest BCUT2D eigenvalue weighted by Gasteiger charge is -2.30. The molecule has 1 aliphatic heterocycles. The van der Waals surface area contributed by atoms with Crippen molar-refractivity contribution >= 4 is 17.7 Å². The van der Waals surface area contributed by atoms with Crippen LogP contribution < -0.4 is 15.5 Å². The number of carbonyl (C=O) groups excluding carboxylic acids is 2. The van der Waals surface area contributed by atoms with Crippen LogP contribution in [0.5, 0.6) is 0 Å². The van der Waals surface area contributed by atoms with Gasteiger partial charge in [-0.15, -0.1) is 0 Å². The first-order valence-corrected chi connectivity index (χ1v) is 9.85. The van der Waals surface area contributed by atoms with Crippen molar-refractivity contribution in [3.63, 3.8) is 0 Å². The Morgan fingerprint density at radius 3 is 2.47 bits per heavy atom. The zero-order valence-electron chi connectivity index (χ0n) is 17.8. The summed E-state index contributed by atoms with van der Waals surface area (Å²) < 4.78 is 10.7. The van der Waals surface area contributed by atoms with E-state index < -0.39 is 12.0 Å². The molecule has 0 spiro atoms. The van der Waals surface area contributed by atoms with Crippen molar-refractivity contribution in [1.82, 2.24) is 15.5 Å². The second kappa shape index (κ2) is 9.49. The van der Waals surface area contributed by atoms with Crippen molar-refractivity contribution < 1.29 is 18.7 Å². The first-order chi connectivity index (χ1) is 14.4. The van der Waals surface area contributed by atoms with Gasteiger partial charge in [-0.25, -0.2) is 9.59 Å². The van der Waals surface area contributed by atoms with Crippen LogP contribution in [-0.4, -0.2) is 51.2 Å². The summed E-state index contributed by atoms with van der Waals surface area (Å²) in [6.07, 6.45) is 1.51. The molecular formula is C22H28N4O4. The zero-order valence-corrected chi connectivity index (χ0v) is 17.8. The minimum Gasteiger partial charge on any atom is -0.467 e. The number of rotatable bonds is 8. The largest absolute Gasteiger partial charge is 0.467 e. The molecule has 1 aliphatic rings. The van der Waals surface area contributed by atoms with E-state index >= 15 is 0 Å². The number of esters is 1. The molecule has 30 heavy (non-hydrogen) atoms. The van der Waals surface area contributed by atoms with Gasteiger partial charge in [0, 0.05) is 38.6 Å². The predicted molar refractivity (Wildman–Crippen MR) is 114 cm³/mol. The first kappa shape index (κ1) is 21.4. The fourth-order valence-corrected chi connectivity index (χ4v) is 3.40. The molecule has 0 bridgehead atoms. The van der Waals surface area contributed by atoms with E-state index in [1.54, 1.807) is 19.1 Å². The van der Waals surface area contributed by atoms with E-state index in [1.165, 1.54) is 6.26 Å². The monoisotopic (exact) mass is 412 g/mol. The van der Waals surface area contributed by atoms with Gasteiger partial charge in [-0.2, -0.15) is 0 Å². The molecular weight excluding hydrogens is 384 g/mol. The molecule has 0 unspecified atom stereocenters. The Kier molecular flexibility index (Phi) is 6.79. The number of hydrogen-bond acceptors (Lipinski definition) is 6. The predicted octanol–water partition coefficient (Wildman–Crippen LogP) is 2.65. The molecule has 160 valence electrons. The van der Waals surface area contributed by atoms with Crippen molar-refractivity contribution in [1.29, 1.82) is 0 Å². The number of benzene rings is 1. The van der Waals surface area contributed by atoms with Crippen LogP contribution in [0.1, 0.15) is 24.3 Å². The van der Waals surface area contributed by atoms with Crippen molar-refractivity contribution in [2.24, 2.45) is 0 Å². The Balaban J connectivity index is 1.84. The van der Waals surface area contributed by atoms with Crippen LogP contribution in [0.25, 0.3) is 0 Å². The van der Waals surface area contributed by atoms with Gasteiger partial charge in [0.15, 0.2) is 0 Å². The Morgan fingerprint density at radius 2 is 1.87 bits per heavy atom. The summed E-state index contributed by atoms with van der Waals surface area (Å²) in [4.78, 5) is 29.1. The third-order valence-electron chi connectivity index (χ3n) is 4.81. The Labute approximate surface area is 176 Å². The van der Waals surface area contributed by atoms with E-state index in [4.69, 9.17) is 9.15 Å². The highest BCUT2D eigenvalue weighted by molar-refractivity contribution is 5.95. The summed E-state index contributed by atoms with van der Waals surface area (Å²) in [6, 6.07) is 10.6. The van der Waals surface area contributed by atoms with E-state index in [-0.39, 0.29) is 12.6 Å². The van der Waals surface area contributed by atoms with Crippen LogP contribution in [0.3, 0.4) is 0 Å². The van der Waals surface area contributed by atoms with E-state index in [2.05, 4.69) is 34.9 Å². The van der Waals surface area contributed by atoms with Gasteiger partial charge in [-0.05, 0) is 43.8 Å². The van der Waals surface area contributed by atoms with Crippen LogP contribution in [0.15, 0.2) is 58.3 Å². The average Bonchev–Trinajstić information content (AvgIpc) is 3.22. The van der Waals surface area contributed by atoms with Crippen LogP contribution in [0, 0.1) is 0 Å². The fourth-order valence-electron chi connectivity index (χ4n) is 3.40. The Hall–Kier alpha value is -3.26. The van der Waals surface area contributed by atoms with Crippen LogP contribution >= 0.6 is 0 Å². The number of likely N-dealkylation sites (N-methyl/N-ethyl adjacent to an activating group) is 1. The van der Waals surface area contributed by atoms with Crippen molar-refractivity contribution in [2.45, 2.75) is 19.5 Å². The number of furan rings is 1. The number of nitrogens with one attached hydrogen (secondary N) is 2. The molecule has 0 fully saturated rings. The van der Waals surface area contributed by atoms with Gasteiger partial charge in [-0.1, -0.05) is 12.1 Å². The lowest BCUT2D eigenvalue weighted by atomic mass is 10.00. The van der Waals surface area contributed by atoms with E-state index in [0.29, 0.717) is 30.1 Å². The number of amides is 2. The topological polar surface area (TPSA) is 87.0 Å². The smallest absolute Gasteiger partial charge is 0.338 e. The van der Waals surface area contributed by atoms with Gasteiger partial charge < -0.3 is 24.7 Å². The second-order valence-electron chi connectivity index (χ2n) is 7.39. The lowest BCUT2D eigenvalue weighted by molar-refractivity contribution is -0.139. The molecule has 2 heterocycles. The quantitative estimate of drug-likeness (QED) is 0.649. The highest BCUT2D eigenvalue weighted by Gasteiger charge is 2.35. The van der Waals surface area contributed by atoms with Gasteiger partial charge in [0.25, 0.3) is 0 Å². The zero-order chi connectivity index (χ0) is 21.7. The summed E-state index contributed by atoms with van der Waals surface area (Å²) in [5.41, 5.74) is 3.11. The maximum Gasteiger partial charge on any atom is 0.338 e. The van der Waals surface area contributed by atoms with Crippen molar-refractivity contribution in [3.8, 4) is 0 Å². The normalized spacial score (nSPS) is 16.3. The molecule has 1 atom stereocenters. The fraction of sp³-hybridized carbons (Fsp3) is 0.364. The van der Waals surface area contributed by atoms with Gasteiger partial charge in [-0.3, -0.25) is 4.90 Å². The maximum absolute atomic E-state index is 12.7. The number of anilines is 1. The van der Waals surface area contributed by atoms with Crippen molar-refractivity contribution in [3.05, 3.63) is 65.3 Å². The summed E-state index contributed by atoms with van der Waals surface area (Å²) in [5, 5.41) is 5.53. The standard InChI is InChI=1S/C22H28N4O4/c1-5-29-21(27)19-17(23-22(28)24-20(19)18-7-6-12-30-18)14-26(4)13-15-8-10-16(11-9-15)25(2)3/h6-12,20H,5,13-14H2,1-4H3,(H2,23,24,28)/t20-/m0/s1. The Morgan fingerprint density at radius 1 is 1.13 bits per heavy atom. The van der Waals surface area contributed by atoms with Gasteiger partial charge in [0.2, 0.25) is 0 Å². The maximum atomic E-state index is 12.7. The molecule has 0 saturated heterocycles. The minimum atomic E-state index is -0.699. The number of hydrogen-bond donors (Lipinski definition) is 2. The molecule has 0 saturated carbocycles. The number of nitrogens with zero attached hydrogens (tertiary/aromatic N) is 2. The molecule has 2 N–H and O–H groups in total. The third-order valence-corrected chi connectivity index (χ3v) is 4.81. The summed E-state index contributed by atoms with van der Waals surface area (Å²) in [7, 11) is 5.94. The van der Waals surface area contributed by atoms with Crippen LogP contribution in [-0.2, 0) is 16.1 Å². The highest BCUT2D eigenvalue weighted by atomic mass is 16.5. The summed E-state index contributed by atoms with van der Waals surface area (Å²) >= 11 is 0. The third kappa shape index (κ3) is 5.01. The van der Waals surface area contributed by atoms with Crippen LogP contribution in [0.4, 0.5) is 10.5 Å². The molecule has 3 rings (SSSR count). The van der Waals surface area contributed by atoms with E-state index in [1.807, 2.05) is 30.9 Å². The molecule has 2 aromatic rings. The summed E-state index contributed by atoms with van der Waals surface area (Å²) in [5.74, 6) is -0.00235. The lowest BCUT2D eigenvalue weighted by Crippen LogP contribution is -2.48. The van der Waals surface area contributed by atoms with E-state index in [9.17, 15) is 9.59 Å². The second-order valence-corrected chi connectivity index (χ2v) is 7.39. The number of ether oxygens (including phenoxy) is 1. The van der Waals surface area contributed by atoms with Crippen molar-refractivity contribution in [2.75, 3.05) is 39.2 Å². The van der Waals surface area contributed by atoms with Crippen LogP contribution in [0.2, 0.25) is 0 Å². The SMILES string of the molecule is CCOC(=O)C1=C(CN(C)Cc2ccc(N(C)C)cc2)NC(=O)N[C@H]1c1ccco1. The Bertz CT molecular complexity index is 904. The molecule has 1 aromatic carbocycles. The molecule has 2 amide bonds. The summed E-state index contributed by atoms with van der Waals surface area (Å²) in [6.45, 7) is 3.01. The number of urea groups is 1. The van der Waals surface area contributed by atoms with E-state index in [0.717, 1.165) is 11.3 Å². The molecule has 0 radical (unpaired) electrons. The molecule has 8 nitrogen and oxygen atoms in total. The molecule has 1 aromatic heterocycles. The number of carbonyl (C=O) groups is 2. The molecule has 0 aliphatic carbocycles. The minimum absolute atomic E-state index is 0.239. The van der Waals surface area contributed by atoms with Gasteiger partial charge >= 0.3 is 12.0 Å². The first-order valence-electron chi connectivity index (χ1n) is 9.85. The highest BCUT2D eigenvalue weighted by Crippen LogP contribution is 2.28. The van der Waals surface area contributed by atoms with Gasteiger partial charge in [0.1, 0.15) is 11.8 Å². The van der Waals surface area contributed by atoms with Gasteiger partial charge in [0.05, 0.1) is 18.4 Å². The average molecular weight is 412 g/mol.